The second kappa shape index (κ2) is 2.83. The Hall–Kier alpha value is 0.440. The zero-order valence-corrected chi connectivity index (χ0v) is 7.37. The molecule has 0 heterocycles. The first-order chi connectivity index (χ1) is 3.79. The van der Waals surface area contributed by atoms with Crippen molar-refractivity contribution in [2.45, 2.75) is 6.42 Å². The van der Waals surface area contributed by atoms with Crippen molar-refractivity contribution in [1.29, 1.82) is 0 Å². The topological polar surface area (TPSA) is 0 Å². The molecule has 0 bridgehead atoms. The van der Waals surface area contributed by atoms with E-state index < -0.39 is 0 Å². The van der Waals surface area contributed by atoms with Gasteiger partial charge in [-0.15, -0.1) is 0 Å². The summed E-state index contributed by atoms with van der Waals surface area (Å²) in [4.78, 5) is 0. The van der Waals surface area contributed by atoms with E-state index in [1.165, 1.54) is 4.48 Å². The Balaban J connectivity index is 2.69. The van der Waals surface area contributed by atoms with Crippen LogP contribution in [0.25, 0.3) is 0 Å². The predicted octanol–water partition coefficient (Wildman–Crippen LogP) is 3.15. The van der Waals surface area contributed by atoms with E-state index >= 15 is 0 Å². The lowest BCUT2D eigenvalue weighted by molar-refractivity contribution is 1.24. The molecule has 0 N–H and O–H groups in total. The van der Waals surface area contributed by atoms with Gasteiger partial charge in [0.05, 0.1) is 0 Å². The fraction of sp³-hybridized carbons (Fsp3) is 0.167. The standard InChI is InChI=1S/C6H5Br2/c7-5-2-1-3-6(8)4-5/h1-2,4H,3H2. The van der Waals surface area contributed by atoms with Crippen molar-refractivity contribution in [1.82, 2.24) is 0 Å². The Morgan fingerprint density at radius 1 is 1.38 bits per heavy atom. The van der Waals surface area contributed by atoms with Crippen molar-refractivity contribution in [3.63, 3.8) is 0 Å². The number of hydrogen-bond donors (Lipinski definition) is 0. The van der Waals surface area contributed by atoms with Crippen molar-refractivity contribution >= 4 is 31.9 Å². The highest BCUT2D eigenvalue weighted by atomic mass is 79.9. The van der Waals surface area contributed by atoms with Crippen LogP contribution in [0.15, 0.2) is 21.1 Å². The summed E-state index contributed by atoms with van der Waals surface area (Å²) in [7, 11) is 0. The monoisotopic (exact) mass is 235 g/mol. The lowest BCUT2D eigenvalue weighted by Crippen LogP contribution is -1.80. The highest BCUT2D eigenvalue weighted by molar-refractivity contribution is 9.12. The maximum Gasteiger partial charge on any atom is 0.0146 e. The van der Waals surface area contributed by atoms with Crippen molar-refractivity contribution in [3.8, 4) is 0 Å². The van der Waals surface area contributed by atoms with E-state index in [0.29, 0.717) is 0 Å². The van der Waals surface area contributed by atoms with Gasteiger partial charge in [-0.3, -0.25) is 0 Å². The van der Waals surface area contributed by atoms with E-state index in [2.05, 4.69) is 44.4 Å². The van der Waals surface area contributed by atoms with Crippen LogP contribution in [0.4, 0.5) is 0 Å². The van der Waals surface area contributed by atoms with Gasteiger partial charge in [-0.05, 0) is 23.4 Å². The maximum atomic E-state index is 3.39. The van der Waals surface area contributed by atoms with Gasteiger partial charge < -0.3 is 0 Å². The van der Waals surface area contributed by atoms with E-state index in [9.17, 15) is 0 Å². The average molecular weight is 237 g/mol. The van der Waals surface area contributed by atoms with Gasteiger partial charge in [0.1, 0.15) is 0 Å². The van der Waals surface area contributed by atoms with E-state index in [1.54, 1.807) is 0 Å². The summed E-state index contributed by atoms with van der Waals surface area (Å²) in [6, 6.07) is 0. The lowest BCUT2D eigenvalue weighted by atomic mass is 10.2. The highest BCUT2D eigenvalue weighted by Crippen LogP contribution is 2.23. The summed E-state index contributed by atoms with van der Waals surface area (Å²) in [6.45, 7) is 0. The predicted molar refractivity (Wildman–Crippen MR) is 42.9 cm³/mol. The van der Waals surface area contributed by atoms with Crippen molar-refractivity contribution < 1.29 is 0 Å². The third kappa shape index (κ3) is 1.75. The molecule has 0 spiro atoms. The average Bonchev–Trinajstić information content (AvgIpc) is 1.64. The van der Waals surface area contributed by atoms with Gasteiger partial charge in [0.25, 0.3) is 0 Å². The fourth-order valence-electron chi connectivity index (χ4n) is 0.541. The zero-order valence-electron chi connectivity index (χ0n) is 4.20. The molecule has 8 heavy (non-hydrogen) atoms. The molecule has 0 aromatic rings. The van der Waals surface area contributed by atoms with Crippen LogP contribution in [-0.2, 0) is 0 Å². The molecule has 1 radical (unpaired) electrons. The summed E-state index contributed by atoms with van der Waals surface area (Å²) in [5.74, 6) is 0. The quantitative estimate of drug-likeness (QED) is 0.606. The molecule has 0 amide bonds. The van der Waals surface area contributed by atoms with E-state index in [-0.39, 0.29) is 0 Å². The molecule has 0 nitrogen and oxygen atoms in total. The van der Waals surface area contributed by atoms with Crippen LogP contribution in [0.5, 0.6) is 0 Å². The van der Waals surface area contributed by atoms with Crippen LogP contribution in [0.1, 0.15) is 6.42 Å². The maximum absolute atomic E-state index is 3.39. The molecule has 0 saturated carbocycles. The van der Waals surface area contributed by atoms with Crippen LogP contribution in [0, 0.1) is 6.42 Å². The number of halogens is 2. The summed E-state index contributed by atoms with van der Waals surface area (Å²) in [6.07, 6.45) is 7.23. The minimum Gasteiger partial charge on any atom is -0.0662 e. The summed E-state index contributed by atoms with van der Waals surface area (Å²) in [5, 5.41) is 0. The molecular formula is C6H5Br2. The lowest BCUT2D eigenvalue weighted by Gasteiger charge is -2.01. The van der Waals surface area contributed by atoms with Crippen molar-refractivity contribution in [2.24, 2.45) is 0 Å². The highest BCUT2D eigenvalue weighted by Gasteiger charge is 1.97. The zero-order chi connectivity index (χ0) is 5.98. The minimum absolute atomic E-state index is 1.02. The van der Waals surface area contributed by atoms with Gasteiger partial charge in [-0.25, -0.2) is 0 Å². The van der Waals surface area contributed by atoms with Gasteiger partial charge in [0.15, 0.2) is 0 Å². The van der Waals surface area contributed by atoms with Crippen LogP contribution >= 0.6 is 31.9 Å². The summed E-state index contributed by atoms with van der Waals surface area (Å²) >= 11 is 6.74. The fourth-order valence-corrected chi connectivity index (χ4v) is 1.74. The van der Waals surface area contributed by atoms with E-state index in [0.717, 1.165) is 10.9 Å². The number of hydrogen-bond acceptors (Lipinski definition) is 0. The number of rotatable bonds is 0. The van der Waals surface area contributed by atoms with Gasteiger partial charge in [-0.1, -0.05) is 37.9 Å². The molecule has 43 valence electrons. The van der Waals surface area contributed by atoms with Gasteiger partial charge >= 0.3 is 0 Å². The first kappa shape index (κ1) is 6.56. The Labute approximate surface area is 65.9 Å². The molecule has 1 aliphatic rings. The van der Waals surface area contributed by atoms with E-state index in [4.69, 9.17) is 0 Å². The Morgan fingerprint density at radius 2 is 2.12 bits per heavy atom. The second-order valence-corrected chi connectivity index (χ2v) is 3.52. The minimum atomic E-state index is 1.02. The first-order valence-electron chi connectivity index (χ1n) is 2.34. The van der Waals surface area contributed by atoms with Gasteiger partial charge in [0.2, 0.25) is 0 Å². The smallest absolute Gasteiger partial charge is 0.0146 e. The molecule has 0 aliphatic heterocycles. The van der Waals surface area contributed by atoms with Crippen molar-refractivity contribution in [3.05, 3.63) is 27.5 Å². The molecule has 0 aromatic carbocycles. The molecule has 0 aromatic heterocycles. The van der Waals surface area contributed by atoms with Gasteiger partial charge in [0, 0.05) is 4.48 Å². The second-order valence-electron chi connectivity index (χ2n) is 1.58. The number of allylic oxidation sites excluding steroid dienone is 4. The molecule has 0 atom stereocenters. The normalized spacial score (nSPS) is 19.8. The molecule has 1 aliphatic carbocycles. The van der Waals surface area contributed by atoms with Gasteiger partial charge in [-0.2, -0.15) is 0 Å². The molecular weight excluding hydrogens is 232 g/mol. The summed E-state index contributed by atoms with van der Waals surface area (Å²) in [5.41, 5.74) is 0. The van der Waals surface area contributed by atoms with Crippen LogP contribution in [-0.4, -0.2) is 0 Å². The van der Waals surface area contributed by atoms with Crippen LogP contribution < -0.4 is 0 Å². The third-order valence-corrected chi connectivity index (χ3v) is 1.93. The van der Waals surface area contributed by atoms with Crippen LogP contribution in [0.3, 0.4) is 0 Å². The Bertz CT molecular complexity index is 145. The Kier molecular flexibility index (Phi) is 2.32. The molecule has 0 saturated heterocycles. The Morgan fingerprint density at radius 3 is 2.50 bits per heavy atom. The molecule has 0 fully saturated rings. The third-order valence-electron chi connectivity index (χ3n) is 0.884. The molecule has 0 unspecified atom stereocenters. The SMILES string of the molecule is BrC1=C[CH]CC(Br)=C1. The largest absolute Gasteiger partial charge is 0.0662 e. The summed E-state index contributed by atoms with van der Waals surface area (Å²) < 4.78 is 2.36. The van der Waals surface area contributed by atoms with E-state index in [1.807, 2.05) is 6.08 Å². The molecule has 2 heteroatoms. The van der Waals surface area contributed by atoms with Crippen LogP contribution in [0.2, 0.25) is 0 Å². The van der Waals surface area contributed by atoms with Crippen molar-refractivity contribution in [2.75, 3.05) is 0 Å². The molecule has 1 rings (SSSR count). The first-order valence-corrected chi connectivity index (χ1v) is 3.93.